The molecule has 0 spiro atoms. The number of nitrogens with zero attached hydrogens (tertiary/aromatic N) is 3. The maximum atomic E-state index is 12.5. The lowest BCUT2D eigenvalue weighted by Crippen LogP contribution is -2.08. The number of aryl methyl sites for hydroxylation is 1. The van der Waals surface area contributed by atoms with Crippen molar-refractivity contribution in [3.8, 4) is 11.6 Å². The van der Waals surface area contributed by atoms with E-state index in [1.165, 1.54) is 7.05 Å². The summed E-state index contributed by atoms with van der Waals surface area (Å²) < 4.78 is 43.7. The summed E-state index contributed by atoms with van der Waals surface area (Å²) in [6.45, 7) is 0. The van der Waals surface area contributed by atoms with Gasteiger partial charge < -0.3 is 9.84 Å². The highest BCUT2D eigenvalue weighted by Crippen LogP contribution is 2.32. The van der Waals surface area contributed by atoms with Crippen LogP contribution in [0.2, 0.25) is 0 Å². The van der Waals surface area contributed by atoms with Gasteiger partial charge in [-0.1, -0.05) is 0 Å². The van der Waals surface area contributed by atoms with E-state index in [0.29, 0.717) is 6.07 Å². The SMILES string of the molecule is Cn1ncc(Oc2cc(C(F)(F)F)ccn2)c1C(=O)O. The maximum Gasteiger partial charge on any atom is 0.416 e. The van der Waals surface area contributed by atoms with Crippen molar-refractivity contribution in [2.45, 2.75) is 6.18 Å². The van der Waals surface area contributed by atoms with Gasteiger partial charge in [0.25, 0.3) is 0 Å². The summed E-state index contributed by atoms with van der Waals surface area (Å²) in [5.74, 6) is -1.87. The third-order valence-electron chi connectivity index (χ3n) is 2.38. The highest BCUT2D eigenvalue weighted by molar-refractivity contribution is 5.88. The van der Waals surface area contributed by atoms with Gasteiger partial charge in [0, 0.05) is 19.3 Å². The summed E-state index contributed by atoms with van der Waals surface area (Å²) >= 11 is 0. The van der Waals surface area contributed by atoms with Crippen LogP contribution in [0.1, 0.15) is 16.1 Å². The summed E-state index contributed by atoms with van der Waals surface area (Å²) in [7, 11) is 1.37. The molecule has 20 heavy (non-hydrogen) atoms. The van der Waals surface area contributed by atoms with Crippen molar-refractivity contribution < 1.29 is 27.8 Å². The van der Waals surface area contributed by atoms with E-state index in [9.17, 15) is 18.0 Å². The second kappa shape index (κ2) is 4.83. The van der Waals surface area contributed by atoms with E-state index in [-0.39, 0.29) is 17.3 Å². The maximum absolute atomic E-state index is 12.5. The molecule has 0 aliphatic carbocycles. The third kappa shape index (κ3) is 2.71. The fourth-order valence-electron chi connectivity index (χ4n) is 1.49. The van der Waals surface area contributed by atoms with Crippen LogP contribution in [0.15, 0.2) is 24.5 Å². The van der Waals surface area contributed by atoms with E-state index in [4.69, 9.17) is 9.84 Å². The summed E-state index contributed by atoms with van der Waals surface area (Å²) in [5, 5.41) is 12.6. The van der Waals surface area contributed by atoms with Crippen LogP contribution in [0.4, 0.5) is 13.2 Å². The first-order valence-electron chi connectivity index (χ1n) is 5.25. The zero-order valence-corrected chi connectivity index (χ0v) is 10.0. The lowest BCUT2D eigenvalue weighted by atomic mass is 10.2. The number of alkyl halides is 3. The number of carboxylic acids is 1. The number of halogens is 3. The Morgan fingerprint density at radius 2 is 2.15 bits per heavy atom. The number of aromatic nitrogens is 3. The van der Waals surface area contributed by atoms with Crippen molar-refractivity contribution in [1.29, 1.82) is 0 Å². The van der Waals surface area contributed by atoms with Gasteiger partial charge in [0.15, 0.2) is 11.4 Å². The number of carbonyl (C=O) groups is 1. The number of pyridine rings is 1. The number of hydrogen-bond acceptors (Lipinski definition) is 4. The zero-order chi connectivity index (χ0) is 14.9. The average molecular weight is 287 g/mol. The number of ether oxygens (including phenoxy) is 1. The molecular formula is C11H8F3N3O3. The van der Waals surface area contributed by atoms with Gasteiger partial charge in [-0.3, -0.25) is 4.68 Å². The molecule has 6 nitrogen and oxygen atoms in total. The number of rotatable bonds is 3. The summed E-state index contributed by atoms with van der Waals surface area (Å²) in [6.07, 6.45) is -2.52. The van der Waals surface area contributed by atoms with Gasteiger partial charge in [0.2, 0.25) is 5.88 Å². The lowest BCUT2D eigenvalue weighted by molar-refractivity contribution is -0.137. The molecule has 2 aromatic heterocycles. The van der Waals surface area contributed by atoms with Crippen LogP contribution >= 0.6 is 0 Å². The van der Waals surface area contributed by atoms with Crippen LogP contribution in [0.3, 0.4) is 0 Å². The predicted molar refractivity (Wildman–Crippen MR) is 59.5 cm³/mol. The fourth-order valence-corrected chi connectivity index (χ4v) is 1.49. The molecule has 1 N–H and O–H groups in total. The number of aromatic carboxylic acids is 1. The molecule has 0 unspecified atom stereocenters. The van der Waals surface area contributed by atoms with E-state index < -0.39 is 17.7 Å². The van der Waals surface area contributed by atoms with Crippen LogP contribution in [0.25, 0.3) is 0 Å². The summed E-state index contributed by atoms with van der Waals surface area (Å²) in [4.78, 5) is 14.6. The van der Waals surface area contributed by atoms with Gasteiger partial charge in [-0.2, -0.15) is 18.3 Å². The molecule has 0 bridgehead atoms. The Kier molecular flexibility index (Phi) is 3.35. The quantitative estimate of drug-likeness (QED) is 0.937. The van der Waals surface area contributed by atoms with Crippen molar-refractivity contribution in [3.05, 3.63) is 35.8 Å². The monoisotopic (exact) mass is 287 g/mol. The molecule has 2 aromatic rings. The number of hydrogen-bond donors (Lipinski definition) is 1. The molecule has 0 atom stereocenters. The van der Waals surface area contributed by atoms with E-state index in [1.54, 1.807) is 0 Å². The first-order chi connectivity index (χ1) is 9.29. The fraction of sp³-hybridized carbons (Fsp3) is 0.182. The molecule has 0 aromatic carbocycles. The minimum atomic E-state index is -4.54. The Bertz CT molecular complexity index is 652. The smallest absolute Gasteiger partial charge is 0.416 e. The topological polar surface area (TPSA) is 77.2 Å². The molecule has 0 aliphatic rings. The normalized spacial score (nSPS) is 11.4. The van der Waals surface area contributed by atoms with Crippen LogP contribution in [-0.4, -0.2) is 25.8 Å². The molecule has 9 heteroatoms. The largest absolute Gasteiger partial charge is 0.476 e. The van der Waals surface area contributed by atoms with Crippen LogP contribution in [0, 0.1) is 0 Å². The summed E-state index contributed by atoms with van der Waals surface area (Å²) in [6, 6.07) is 1.47. The molecule has 2 heterocycles. The molecule has 0 fully saturated rings. The Morgan fingerprint density at radius 3 is 2.75 bits per heavy atom. The van der Waals surface area contributed by atoms with Crippen molar-refractivity contribution in [2.24, 2.45) is 7.05 Å². The predicted octanol–water partition coefficient (Wildman–Crippen LogP) is 2.32. The van der Waals surface area contributed by atoms with Crippen LogP contribution in [-0.2, 0) is 13.2 Å². The van der Waals surface area contributed by atoms with Crippen molar-refractivity contribution in [3.63, 3.8) is 0 Å². The van der Waals surface area contributed by atoms with Gasteiger partial charge in [0.05, 0.1) is 11.8 Å². The van der Waals surface area contributed by atoms with E-state index in [1.807, 2.05) is 0 Å². The van der Waals surface area contributed by atoms with E-state index in [0.717, 1.165) is 23.1 Å². The van der Waals surface area contributed by atoms with Crippen molar-refractivity contribution in [2.75, 3.05) is 0 Å². The third-order valence-corrected chi connectivity index (χ3v) is 2.38. The Morgan fingerprint density at radius 1 is 1.45 bits per heavy atom. The Balaban J connectivity index is 2.34. The van der Waals surface area contributed by atoms with Crippen LogP contribution in [0.5, 0.6) is 11.6 Å². The minimum Gasteiger partial charge on any atom is -0.476 e. The second-order valence-electron chi connectivity index (χ2n) is 3.77. The Hall–Kier alpha value is -2.58. The molecule has 0 amide bonds. The van der Waals surface area contributed by atoms with Gasteiger partial charge >= 0.3 is 12.1 Å². The van der Waals surface area contributed by atoms with Crippen molar-refractivity contribution in [1.82, 2.24) is 14.8 Å². The average Bonchev–Trinajstić information content (AvgIpc) is 2.69. The van der Waals surface area contributed by atoms with Gasteiger partial charge in [-0.25, -0.2) is 9.78 Å². The molecule has 106 valence electrons. The molecule has 0 saturated heterocycles. The number of carboxylic acid groups (broad SMARTS) is 1. The standard InChI is InChI=1S/C11H8F3N3O3/c1-17-9(10(18)19)7(5-16-17)20-8-4-6(2-3-15-8)11(12,13)14/h2-5H,1H3,(H,18,19). The highest BCUT2D eigenvalue weighted by Gasteiger charge is 2.31. The zero-order valence-electron chi connectivity index (χ0n) is 10.0. The molecule has 0 radical (unpaired) electrons. The van der Waals surface area contributed by atoms with E-state index >= 15 is 0 Å². The van der Waals surface area contributed by atoms with Gasteiger partial charge in [-0.05, 0) is 6.07 Å². The molecular weight excluding hydrogens is 279 g/mol. The second-order valence-corrected chi connectivity index (χ2v) is 3.77. The molecule has 2 rings (SSSR count). The highest BCUT2D eigenvalue weighted by atomic mass is 19.4. The first kappa shape index (κ1) is 13.8. The van der Waals surface area contributed by atoms with Crippen molar-refractivity contribution >= 4 is 5.97 Å². The summed E-state index contributed by atoms with van der Waals surface area (Å²) in [5.41, 5.74) is -1.23. The van der Waals surface area contributed by atoms with Gasteiger partial charge in [-0.15, -0.1) is 0 Å². The van der Waals surface area contributed by atoms with Gasteiger partial charge in [0.1, 0.15) is 0 Å². The van der Waals surface area contributed by atoms with Crippen LogP contribution < -0.4 is 4.74 Å². The lowest BCUT2D eigenvalue weighted by Gasteiger charge is -2.08. The minimum absolute atomic E-state index is 0.188. The molecule has 0 saturated carbocycles. The Labute approximate surface area is 110 Å². The molecule has 0 aliphatic heterocycles. The first-order valence-corrected chi connectivity index (χ1v) is 5.25. The van der Waals surface area contributed by atoms with E-state index in [2.05, 4.69) is 10.1 Å².